The zero-order chi connectivity index (χ0) is 63.5. The van der Waals surface area contributed by atoms with E-state index in [1.54, 1.807) is 39.0 Å². The number of imidazole rings is 2. The van der Waals surface area contributed by atoms with Gasteiger partial charge in [0.25, 0.3) is 0 Å². The van der Waals surface area contributed by atoms with Gasteiger partial charge in [-0.25, -0.2) is 34.3 Å². The highest BCUT2D eigenvalue weighted by Crippen LogP contribution is 2.37. The van der Waals surface area contributed by atoms with E-state index in [1.807, 2.05) is 36.0 Å². The van der Waals surface area contributed by atoms with Crippen molar-refractivity contribution in [3.63, 3.8) is 0 Å². The first-order valence-corrected chi connectivity index (χ1v) is 29.2. The van der Waals surface area contributed by atoms with Crippen molar-refractivity contribution in [3.05, 3.63) is 92.3 Å². The Labute approximate surface area is 503 Å². The Bertz CT molecular complexity index is 3340. The maximum Gasteiger partial charge on any atom is 0.354 e. The van der Waals surface area contributed by atoms with Crippen LogP contribution in [0.1, 0.15) is 160 Å². The van der Waals surface area contributed by atoms with Crippen LogP contribution < -0.4 is 44.5 Å². The van der Waals surface area contributed by atoms with Gasteiger partial charge in [0.1, 0.15) is 79.3 Å². The molecule has 88 heavy (non-hydrogen) atoms. The number of nitrogens with one attached hydrogen (secondary N) is 3. The molecule has 5 fully saturated rings. The number of nitrogens with zero attached hydrogens (tertiary/aromatic N) is 13. The molecule has 1 amide bonds. The number of aliphatic hydroxyl groups is 7. The standard InChI is InChI=1S/C13H19N3O5.C12H18N4O3.C12H17N3O3.C9H14N4O2.C8H12N4O3/c1-3-7-10(18)11(19)12(21-7)16-6-5-8(15-13(16)20)14-9(17)4-2;1-2-9-7(17)3-10(19-9)16-6-15-11-8(18)4-13-5-14-12(11)16;1-7-9(16)4-11(18-7)15-6-14-12-8(15)2-3-13-5-10(12)17;1-2-6-3-4-7(15-6)13-5-11-8(10)12-9(13)14;1-4-5(13)2-6(15-4)12-3-10-7(9)11-8(12)14/h5-7,10-12,18-19H,3-4H2,1-2H3,(H,14,15,17,20);5-10,17-18H,2-4H2,1H3,(H,13,14);2-3,6-7,9-11,13,16-17H,4-5H2,1H3;5-7H,2-4H2,1H3,(H2,10,12,14);3-6,13H,2H2,1H3,(H2,9,11,14)/t7-,10-,11+,12-;7-,8+,9+,10+;7-,9+,10-,11-;6-,7-;4-,5+,6-/m10111/s1. The van der Waals surface area contributed by atoms with Gasteiger partial charge in [0.15, 0.2) is 6.23 Å². The molecule has 12 heterocycles. The Balaban J connectivity index is 0.000000143. The fraction of sp³-hybridized carbons (Fsp3) is 0.630. The molecule has 0 spiro atoms. The molecule has 0 radical (unpaired) electrons. The topological polar surface area (TPSA) is 471 Å². The Hall–Kier alpha value is -7.48. The molecule has 5 saturated heterocycles. The van der Waals surface area contributed by atoms with Crippen molar-refractivity contribution in [2.75, 3.05) is 35.2 Å². The van der Waals surface area contributed by atoms with E-state index in [0.29, 0.717) is 56.0 Å². The number of aliphatic hydroxyl groups excluding tert-OH is 7. The van der Waals surface area contributed by atoms with Crippen molar-refractivity contribution in [2.24, 2.45) is 4.99 Å². The van der Waals surface area contributed by atoms with Gasteiger partial charge in [-0.1, -0.05) is 27.7 Å². The smallest absolute Gasteiger partial charge is 0.354 e. The Kier molecular flexibility index (Phi) is 22.8. The second kappa shape index (κ2) is 30.1. The summed E-state index contributed by atoms with van der Waals surface area (Å²) in [4.78, 5) is 76.9. The van der Waals surface area contributed by atoms with Gasteiger partial charge in [-0.05, 0) is 64.3 Å². The molecule has 0 saturated carbocycles. The number of hydrogen-bond donors (Lipinski definition) is 12. The minimum atomic E-state index is -1.20. The minimum Gasteiger partial charge on any atom is -0.390 e. The van der Waals surface area contributed by atoms with Crippen molar-refractivity contribution in [1.29, 1.82) is 0 Å². The predicted molar refractivity (Wildman–Crippen MR) is 312 cm³/mol. The van der Waals surface area contributed by atoms with Gasteiger partial charge in [0, 0.05) is 38.4 Å². The van der Waals surface area contributed by atoms with E-state index in [4.69, 9.17) is 35.2 Å². The van der Waals surface area contributed by atoms with Gasteiger partial charge >= 0.3 is 17.1 Å². The van der Waals surface area contributed by atoms with Crippen molar-refractivity contribution < 1.29 is 64.2 Å². The summed E-state index contributed by atoms with van der Waals surface area (Å²) in [6, 6.07) is 1.44. The average Bonchev–Trinajstić information content (AvgIpc) is 3.41. The lowest BCUT2D eigenvalue weighted by atomic mass is 10.1. The first-order valence-electron chi connectivity index (χ1n) is 29.2. The molecule has 0 aliphatic carbocycles. The third-order valence-corrected chi connectivity index (χ3v) is 15.6. The first kappa shape index (κ1) is 66.5. The number of fused-ring (bicyclic) bond motifs is 2. The van der Waals surface area contributed by atoms with Crippen LogP contribution in [0.25, 0.3) is 6.08 Å². The maximum absolute atomic E-state index is 12.0. The average molecular weight is 1240 g/mol. The Morgan fingerprint density at radius 3 is 1.77 bits per heavy atom. The Morgan fingerprint density at radius 2 is 1.22 bits per heavy atom. The van der Waals surface area contributed by atoms with Crippen LogP contribution in [0.4, 0.5) is 23.5 Å². The Morgan fingerprint density at radius 1 is 0.636 bits per heavy atom. The van der Waals surface area contributed by atoms with Gasteiger partial charge < -0.3 is 91.4 Å². The summed E-state index contributed by atoms with van der Waals surface area (Å²) in [7, 11) is 0. The second-order valence-electron chi connectivity index (χ2n) is 21.6. The molecule has 482 valence electrons. The molecule has 7 aliphatic heterocycles. The monoisotopic (exact) mass is 1240 g/mol. The number of nitrogens with two attached hydrogens (primary N) is 2. The molecule has 12 rings (SSSR count). The highest BCUT2D eigenvalue weighted by atomic mass is 16.6. The van der Waals surface area contributed by atoms with Crippen molar-refractivity contribution >= 4 is 41.9 Å². The number of anilines is 4. The number of amides is 1. The van der Waals surface area contributed by atoms with Crippen LogP contribution in [0.2, 0.25) is 0 Å². The van der Waals surface area contributed by atoms with Crippen LogP contribution in [0.15, 0.2) is 63.1 Å². The molecule has 34 heteroatoms. The van der Waals surface area contributed by atoms with Crippen molar-refractivity contribution in [2.45, 2.75) is 204 Å². The van der Waals surface area contributed by atoms with Gasteiger partial charge in [0.2, 0.25) is 17.8 Å². The zero-order valence-corrected chi connectivity index (χ0v) is 49.6. The van der Waals surface area contributed by atoms with Crippen molar-refractivity contribution in [1.82, 2.24) is 63.0 Å². The molecular weight excluding hydrogens is 1160 g/mol. The number of carbonyl (C=O) groups is 1. The van der Waals surface area contributed by atoms with Crippen LogP contribution in [-0.2, 0) is 28.5 Å². The lowest BCUT2D eigenvalue weighted by Crippen LogP contribution is -2.35. The van der Waals surface area contributed by atoms with E-state index >= 15 is 0 Å². The molecule has 7 aliphatic rings. The zero-order valence-electron chi connectivity index (χ0n) is 49.6. The number of nitrogen functional groups attached to an aromatic ring is 2. The molecule has 5 aromatic heterocycles. The van der Waals surface area contributed by atoms with Crippen molar-refractivity contribution in [3.8, 4) is 0 Å². The predicted octanol–water partition coefficient (Wildman–Crippen LogP) is -0.595. The highest BCUT2D eigenvalue weighted by molar-refractivity contribution is 5.89. The number of rotatable bonds is 10. The number of carbonyl (C=O) groups excluding carboxylic acids is 1. The fourth-order valence-corrected chi connectivity index (χ4v) is 10.5. The quantitative estimate of drug-likeness (QED) is 0.0831. The summed E-state index contributed by atoms with van der Waals surface area (Å²) >= 11 is 0. The summed E-state index contributed by atoms with van der Waals surface area (Å²) in [6.07, 6.45) is 10.1. The number of β-amino-alcohol motifs (C(OH)–C–C–N with tert-alkyl or cyclic N) is 1. The van der Waals surface area contributed by atoms with E-state index in [0.717, 1.165) is 35.9 Å². The van der Waals surface area contributed by atoms with Gasteiger partial charge in [-0.15, -0.1) is 0 Å². The van der Waals surface area contributed by atoms with Crippen LogP contribution >= 0.6 is 0 Å². The SMILES string of the molecule is CCC(=O)Nc1ccn([C@@H]2O[C@H](CC)[C@@H](O)[C@@H]2O)c(=O)n1.CC[C@@H]1CC[C@H](n2cnc(N)nc2=O)O1.CC[C@H]1O[C@@H](n2cnc3c2NC=NC[C@H]3O)C[C@@H]1O.C[C@H]1O[C@@H](n2cnc(N)nc2=O)C[C@@H]1O.C[C@H]1O[C@@H](n2cnc3c2C=CNC[C@H]3O)C[C@@H]1O. The molecular formula is C54H80N18O16. The maximum atomic E-state index is 12.0. The number of ether oxygens (including phenoxy) is 5. The third kappa shape index (κ3) is 15.9. The lowest BCUT2D eigenvalue weighted by Gasteiger charge is -2.17. The molecule has 0 aromatic carbocycles. The summed E-state index contributed by atoms with van der Waals surface area (Å²) < 4.78 is 35.4. The van der Waals surface area contributed by atoms with E-state index in [2.05, 4.69) is 62.8 Å². The summed E-state index contributed by atoms with van der Waals surface area (Å²) in [5.74, 6) is 0.508. The summed E-state index contributed by atoms with van der Waals surface area (Å²) in [6.45, 7) is 11.9. The molecule has 0 bridgehead atoms. The molecule has 34 nitrogen and oxygen atoms in total. The normalized spacial score (nSPS) is 30.9. The van der Waals surface area contributed by atoms with Crippen LogP contribution in [0.3, 0.4) is 0 Å². The van der Waals surface area contributed by atoms with E-state index in [1.165, 1.54) is 34.1 Å². The molecule has 14 N–H and O–H groups in total. The number of aliphatic imine (C=N–C) groups is 1. The largest absolute Gasteiger partial charge is 0.390 e. The van der Waals surface area contributed by atoms with Crippen LogP contribution in [0.5, 0.6) is 0 Å². The van der Waals surface area contributed by atoms with Crippen LogP contribution in [-0.4, -0.2) is 180 Å². The van der Waals surface area contributed by atoms with Gasteiger partial charge in [0.05, 0.1) is 85.8 Å². The minimum absolute atomic E-state index is 0.00119. The van der Waals surface area contributed by atoms with E-state index in [-0.39, 0.29) is 73.1 Å². The lowest BCUT2D eigenvalue weighted by molar-refractivity contribution is -0.115. The number of aromatic nitrogens is 12. The van der Waals surface area contributed by atoms with Gasteiger partial charge in [-0.3, -0.25) is 28.1 Å². The fourth-order valence-electron chi connectivity index (χ4n) is 10.5. The highest BCUT2D eigenvalue weighted by Gasteiger charge is 2.43. The molecule has 5 aromatic rings. The van der Waals surface area contributed by atoms with Gasteiger partial charge in [-0.2, -0.15) is 15.0 Å². The summed E-state index contributed by atoms with van der Waals surface area (Å²) in [5.41, 5.74) is 11.0. The third-order valence-electron chi connectivity index (χ3n) is 15.6. The summed E-state index contributed by atoms with van der Waals surface area (Å²) in [5, 5.41) is 77.2. The second-order valence-corrected chi connectivity index (χ2v) is 21.6. The molecule has 17 atom stereocenters. The van der Waals surface area contributed by atoms with E-state index < -0.39 is 78.4 Å². The first-order chi connectivity index (χ1) is 42.1. The van der Waals surface area contributed by atoms with E-state index in [9.17, 15) is 54.9 Å². The van der Waals surface area contributed by atoms with Crippen LogP contribution in [0, 0.1) is 0 Å². The number of hydrogen-bond acceptors (Lipinski definition) is 28. The molecule has 0 unspecified atom stereocenters.